The number of carbonyl (C=O) groups excluding carboxylic acids is 1. The molecule has 1 aliphatic carbocycles. The smallest absolute Gasteiger partial charge is 0.205 e. The second-order valence-electron chi connectivity index (χ2n) is 7.10. The number of ketones is 1. The fourth-order valence-electron chi connectivity index (χ4n) is 4.03. The lowest BCUT2D eigenvalue weighted by atomic mass is 9.73. The highest BCUT2D eigenvalue weighted by atomic mass is 35.5. The van der Waals surface area contributed by atoms with Crippen LogP contribution in [0.25, 0.3) is 0 Å². The van der Waals surface area contributed by atoms with Crippen LogP contribution in [0.2, 0.25) is 5.02 Å². The summed E-state index contributed by atoms with van der Waals surface area (Å²) in [7, 11) is 1.91. The fourth-order valence-corrected chi connectivity index (χ4v) is 4.30. The van der Waals surface area contributed by atoms with Crippen LogP contribution in [0.3, 0.4) is 0 Å². The molecule has 144 valence electrons. The molecule has 28 heavy (non-hydrogen) atoms. The van der Waals surface area contributed by atoms with E-state index in [1.807, 2.05) is 49.2 Å². The second kappa shape index (κ2) is 7.04. The van der Waals surface area contributed by atoms with Gasteiger partial charge < -0.3 is 15.3 Å². The Morgan fingerprint density at radius 3 is 3.00 bits per heavy atom. The number of aliphatic hydroxyl groups is 1. The van der Waals surface area contributed by atoms with E-state index in [4.69, 9.17) is 21.7 Å². The average molecular weight is 397 g/mol. The minimum atomic E-state index is -0.739. The van der Waals surface area contributed by atoms with Gasteiger partial charge in [-0.2, -0.15) is 4.99 Å². The number of aryl methyl sites for hydroxylation is 1. The number of aliphatic hydroxyl groups excluding tert-OH is 1. The van der Waals surface area contributed by atoms with Crippen LogP contribution >= 0.6 is 11.6 Å². The van der Waals surface area contributed by atoms with Crippen molar-refractivity contribution < 1.29 is 9.90 Å². The van der Waals surface area contributed by atoms with Crippen molar-refractivity contribution in [3.63, 3.8) is 0 Å². The molecule has 0 aromatic heterocycles. The number of nitrogens with one attached hydrogen (secondary N) is 1. The van der Waals surface area contributed by atoms with Crippen molar-refractivity contribution in [2.45, 2.75) is 25.3 Å². The number of guanidine groups is 1. The van der Waals surface area contributed by atoms with Gasteiger partial charge in [-0.05, 0) is 35.8 Å². The van der Waals surface area contributed by atoms with E-state index in [2.05, 4.69) is 10.3 Å². The Bertz CT molecular complexity index is 985. The zero-order valence-corrected chi connectivity index (χ0v) is 16.5. The minimum absolute atomic E-state index is 0.0758. The fraction of sp³-hybridized carbons (Fsp3) is 0.286. The number of benzene rings is 1. The number of carbonyl (C=O) groups is 1. The first kappa shape index (κ1) is 18.7. The number of anilines is 1. The van der Waals surface area contributed by atoms with E-state index in [1.54, 1.807) is 12.3 Å². The second-order valence-corrected chi connectivity index (χ2v) is 7.50. The van der Waals surface area contributed by atoms with Crippen LogP contribution in [0.15, 0.2) is 63.8 Å². The van der Waals surface area contributed by atoms with Gasteiger partial charge in [0.2, 0.25) is 5.96 Å². The van der Waals surface area contributed by atoms with Gasteiger partial charge in [0.05, 0.1) is 17.3 Å². The van der Waals surface area contributed by atoms with Crippen molar-refractivity contribution in [3.8, 4) is 0 Å². The van der Waals surface area contributed by atoms with E-state index in [0.717, 1.165) is 22.4 Å². The van der Waals surface area contributed by atoms with Gasteiger partial charge in [0.25, 0.3) is 0 Å². The SMILES string of the molecule is Cc1cccc(Cl)c1NC1=NC2=NC=CC3=C(/C=C/CO)CC(=O)CC23N1C. The predicted octanol–water partition coefficient (Wildman–Crippen LogP) is 3.23. The number of halogens is 1. The molecule has 0 fully saturated rings. The Kier molecular flexibility index (Phi) is 4.69. The molecule has 2 heterocycles. The Morgan fingerprint density at radius 1 is 1.43 bits per heavy atom. The lowest BCUT2D eigenvalue weighted by molar-refractivity contribution is -0.119. The first-order valence-corrected chi connectivity index (χ1v) is 9.47. The molecular formula is C21H21ClN4O2. The molecule has 1 atom stereocenters. The van der Waals surface area contributed by atoms with E-state index < -0.39 is 5.54 Å². The molecule has 2 aliphatic heterocycles. The molecule has 1 aromatic carbocycles. The number of rotatable bonds is 3. The Balaban J connectivity index is 1.79. The standard InChI is InChI=1S/C21H21ClN4O2/c1-13-5-3-7-17(22)18(13)24-20-25-19-21(26(20)2)12-15(28)11-14(6-4-10-27)16(21)8-9-23-19/h3-9,27H,10-12H2,1-2H3,(H,23,24,25)/b6-4+. The number of likely N-dealkylation sites (N-methyl/N-ethyl adjacent to an activating group) is 1. The van der Waals surface area contributed by atoms with Gasteiger partial charge in [-0.1, -0.05) is 35.9 Å². The molecule has 0 bridgehead atoms. The highest BCUT2D eigenvalue weighted by molar-refractivity contribution is 6.34. The van der Waals surface area contributed by atoms with E-state index in [1.165, 1.54) is 0 Å². The first-order chi connectivity index (χ1) is 13.5. The summed E-state index contributed by atoms with van der Waals surface area (Å²) in [6, 6.07) is 5.70. The largest absolute Gasteiger partial charge is 0.392 e. The van der Waals surface area contributed by atoms with E-state index in [0.29, 0.717) is 29.7 Å². The van der Waals surface area contributed by atoms with Crippen LogP contribution < -0.4 is 5.32 Å². The summed E-state index contributed by atoms with van der Waals surface area (Å²) in [5.74, 6) is 1.29. The summed E-state index contributed by atoms with van der Waals surface area (Å²) in [5.41, 5.74) is 2.91. The average Bonchev–Trinajstić information content (AvgIpc) is 2.93. The zero-order chi connectivity index (χ0) is 19.9. The van der Waals surface area contributed by atoms with Crippen molar-refractivity contribution >= 4 is 34.9 Å². The number of Topliss-reactive ketones (excluding diaryl/α,β-unsaturated/α-hetero) is 1. The normalized spacial score (nSPS) is 23.7. The molecule has 1 spiro atoms. The molecule has 0 saturated heterocycles. The van der Waals surface area contributed by atoms with Crippen LogP contribution in [-0.2, 0) is 4.79 Å². The maximum Gasteiger partial charge on any atom is 0.205 e. The quantitative estimate of drug-likeness (QED) is 0.822. The molecule has 3 aliphatic rings. The van der Waals surface area contributed by atoms with Crippen molar-refractivity contribution in [3.05, 3.63) is 64.4 Å². The van der Waals surface area contributed by atoms with Crippen molar-refractivity contribution in [2.24, 2.45) is 9.98 Å². The third kappa shape index (κ3) is 2.80. The summed E-state index contributed by atoms with van der Waals surface area (Å²) in [5, 5.41) is 13.1. The topological polar surface area (TPSA) is 77.3 Å². The molecule has 0 radical (unpaired) electrons. The molecule has 0 saturated carbocycles. The molecule has 6 nitrogen and oxygen atoms in total. The molecule has 2 N–H and O–H groups in total. The van der Waals surface area contributed by atoms with Gasteiger partial charge in [0.1, 0.15) is 11.3 Å². The summed E-state index contributed by atoms with van der Waals surface area (Å²) < 4.78 is 0. The van der Waals surface area contributed by atoms with Crippen molar-refractivity contribution in [1.29, 1.82) is 0 Å². The van der Waals surface area contributed by atoms with Crippen molar-refractivity contribution in [2.75, 3.05) is 19.0 Å². The van der Waals surface area contributed by atoms with Gasteiger partial charge in [-0.25, -0.2) is 4.99 Å². The summed E-state index contributed by atoms with van der Waals surface area (Å²) in [6.45, 7) is 1.90. The monoisotopic (exact) mass is 396 g/mol. The summed E-state index contributed by atoms with van der Waals surface area (Å²) in [4.78, 5) is 23.8. The Hall–Kier alpha value is -2.70. The molecule has 1 aromatic rings. The first-order valence-electron chi connectivity index (χ1n) is 9.09. The number of para-hydroxylation sites is 1. The number of nitrogens with zero attached hydrogens (tertiary/aromatic N) is 3. The van der Waals surface area contributed by atoms with Gasteiger partial charge in [-0.3, -0.25) is 4.79 Å². The van der Waals surface area contributed by atoms with E-state index >= 15 is 0 Å². The third-order valence-corrected chi connectivity index (χ3v) is 5.74. The van der Waals surface area contributed by atoms with Gasteiger partial charge in [-0.15, -0.1) is 0 Å². The maximum atomic E-state index is 12.6. The summed E-state index contributed by atoms with van der Waals surface area (Å²) >= 11 is 6.37. The zero-order valence-electron chi connectivity index (χ0n) is 15.7. The Labute approximate surface area is 168 Å². The van der Waals surface area contributed by atoms with Crippen LogP contribution in [-0.4, -0.2) is 46.8 Å². The number of allylic oxidation sites excluding steroid dienone is 2. The minimum Gasteiger partial charge on any atom is -0.392 e. The lowest BCUT2D eigenvalue weighted by Crippen LogP contribution is -2.55. The van der Waals surface area contributed by atoms with Gasteiger partial charge in [0, 0.05) is 26.1 Å². The molecule has 1 unspecified atom stereocenters. The van der Waals surface area contributed by atoms with Gasteiger partial charge >= 0.3 is 0 Å². The Morgan fingerprint density at radius 2 is 2.25 bits per heavy atom. The predicted molar refractivity (Wildman–Crippen MR) is 112 cm³/mol. The van der Waals surface area contributed by atoms with E-state index in [-0.39, 0.29) is 12.4 Å². The number of aliphatic imine (C=N–C) groups is 2. The number of hydrogen-bond donors (Lipinski definition) is 2. The van der Waals surface area contributed by atoms with Crippen LogP contribution in [0.4, 0.5) is 5.69 Å². The van der Waals surface area contributed by atoms with Crippen LogP contribution in [0.5, 0.6) is 0 Å². The molecule has 4 rings (SSSR count). The molecule has 0 amide bonds. The van der Waals surface area contributed by atoms with Crippen LogP contribution in [0, 0.1) is 6.92 Å². The maximum absolute atomic E-state index is 12.6. The highest BCUT2D eigenvalue weighted by Gasteiger charge is 2.53. The number of amidine groups is 1. The molecule has 7 heteroatoms. The van der Waals surface area contributed by atoms with Gasteiger partial charge in [0.15, 0.2) is 5.84 Å². The highest BCUT2D eigenvalue weighted by Crippen LogP contribution is 2.44. The summed E-state index contributed by atoms with van der Waals surface area (Å²) in [6.07, 6.45) is 7.75. The molecular weight excluding hydrogens is 376 g/mol. The van der Waals surface area contributed by atoms with Crippen LogP contribution in [0.1, 0.15) is 18.4 Å². The number of hydrogen-bond acceptors (Lipinski definition) is 6. The van der Waals surface area contributed by atoms with Crippen molar-refractivity contribution in [1.82, 2.24) is 4.90 Å². The third-order valence-electron chi connectivity index (χ3n) is 5.43. The lowest BCUT2D eigenvalue weighted by Gasteiger charge is -2.42. The van der Waals surface area contributed by atoms with E-state index in [9.17, 15) is 4.79 Å².